The molecule has 1 aliphatic heterocycles. The summed E-state index contributed by atoms with van der Waals surface area (Å²) in [5.41, 5.74) is 2.68. The first-order valence-corrected chi connectivity index (χ1v) is 9.15. The molecule has 0 spiro atoms. The van der Waals surface area contributed by atoms with Crippen LogP contribution < -0.4 is 5.32 Å². The fourth-order valence-electron chi connectivity index (χ4n) is 3.54. The summed E-state index contributed by atoms with van der Waals surface area (Å²) < 4.78 is 5.58. The molecule has 0 bridgehead atoms. The normalized spacial score (nSPS) is 15.1. The Kier molecular flexibility index (Phi) is 5.45. The molecule has 2 aromatic rings. The van der Waals surface area contributed by atoms with E-state index >= 15 is 0 Å². The molecule has 1 fully saturated rings. The van der Waals surface area contributed by atoms with E-state index in [0.29, 0.717) is 43.8 Å². The molecule has 1 aromatic carbocycles. The number of rotatable bonds is 4. The van der Waals surface area contributed by atoms with Crippen LogP contribution in [0.3, 0.4) is 0 Å². The molecule has 2 heterocycles. The molecule has 1 saturated heterocycles. The first-order valence-electron chi connectivity index (χ1n) is 9.15. The van der Waals surface area contributed by atoms with Crippen molar-refractivity contribution in [3.63, 3.8) is 0 Å². The second-order valence-corrected chi connectivity index (χ2v) is 6.98. The van der Waals surface area contributed by atoms with E-state index in [4.69, 9.17) is 4.42 Å². The second kappa shape index (κ2) is 7.77. The third-order valence-electron chi connectivity index (χ3n) is 5.24. The maximum absolute atomic E-state index is 12.8. The molecule has 138 valence electrons. The van der Waals surface area contributed by atoms with Gasteiger partial charge in [0.1, 0.15) is 11.5 Å². The van der Waals surface area contributed by atoms with Crippen molar-refractivity contribution in [2.75, 3.05) is 13.1 Å². The van der Waals surface area contributed by atoms with Crippen molar-refractivity contribution in [3.8, 4) is 0 Å². The summed E-state index contributed by atoms with van der Waals surface area (Å²) in [6, 6.07) is 9.89. The summed E-state index contributed by atoms with van der Waals surface area (Å²) in [6.45, 7) is 7.38. The summed E-state index contributed by atoms with van der Waals surface area (Å²) in [5, 5.41) is 3.01. The van der Waals surface area contributed by atoms with Gasteiger partial charge in [-0.2, -0.15) is 0 Å². The molecular formula is C21H26N2O3. The highest BCUT2D eigenvalue weighted by Gasteiger charge is 2.30. The van der Waals surface area contributed by atoms with Crippen molar-refractivity contribution >= 4 is 11.8 Å². The molecule has 3 rings (SSSR count). The molecule has 0 unspecified atom stereocenters. The fourth-order valence-corrected chi connectivity index (χ4v) is 3.54. The number of aryl methyl sites for hydroxylation is 2. The lowest BCUT2D eigenvalue weighted by atomic mass is 9.95. The van der Waals surface area contributed by atoms with Crippen LogP contribution in [-0.2, 0) is 11.3 Å². The van der Waals surface area contributed by atoms with E-state index in [-0.39, 0.29) is 17.7 Å². The average molecular weight is 354 g/mol. The van der Waals surface area contributed by atoms with E-state index in [1.54, 1.807) is 0 Å². The molecule has 5 heteroatoms. The lowest BCUT2D eigenvalue weighted by molar-refractivity contribution is -0.126. The van der Waals surface area contributed by atoms with Gasteiger partial charge in [-0.15, -0.1) is 0 Å². The third kappa shape index (κ3) is 3.82. The van der Waals surface area contributed by atoms with E-state index in [1.807, 2.05) is 56.0 Å². The lowest BCUT2D eigenvalue weighted by Gasteiger charge is -2.31. The monoisotopic (exact) mass is 354 g/mol. The van der Waals surface area contributed by atoms with Crippen LogP contribution in [0.4, 0.5) is 0 Å². The number of carbonyl (C=O) groups is 2. The second-order valence-electron chi connectivity index (χ2n) is 6.98. The number of hydrogen-bond donors (Lipinski definition) is 1. The molecule has 1 N–H and O–H groups in total. The number of piperidine rings is 1. The van der Waals surface area contributed by atoms with Gasteiger partial charge >= 0.3 is 0 Å². The predicted molar refractivity (Wildman–Crippen MR) is 99.8 cm³/mol. The first-order chi connectivity index (χ1) is 12.5. The maximum atomic E-state index is 12.8. The minimum absolute atomic E-state index is 0.0139. The molecule has 2 amide bonds. The van der Waals surface area contributed by atoms with E-state index in [0.717, 1.165) is 16.9 Å². The van der Waals surface area contributed by atoms with Gasteiger partial charge in [0, 0.05) is 31.1 Å². The van der Waals surface area contributed by atoms with Gasteiger partial charge in [0.05, 0.1) is 5.56 Å². The zero-order valence-corrected chi connectivity index (χ0v) is 15.7. The van der Waals surface area contributed by atoms with Gasteiger partial charge in [0.2, 0.25) is 5.91 Å². The highest BCUT2D eigenvalue weighted by molar-refractivity contribution is 5.97. The smallest absolute Gasteiger partial charge is 0.257 e. The van der Waals surface area contributed by atoms with Crippen molar-refractivity contribution in [3.05, 3.63) is 58.5 Å². The van der Waals surface area contributed by atoms with Crippen LogP contribution in [-0.4, -0.2) is 29.8 Å². The minimum Gasteiger partial charge on any atom is -0.466 e. The molecule has 1 aromatic heterocycles. The van der Waals surface area contributed by atoms with Crippen molar-refractivity contribution in [2.24, 2.45) is 5.92 Å². The first kappa shape index (κ1) is 18.2. The molecule has 1 aliphatic rings. The number of nitrogens with zero attached hydrogens (tertiary/aromatic N) is 1. The summed E-state index contributed by atoms with van der Waals surface area (Å²) >= 11 is 0. The van der Waals surface area contributed by atoms with E-state index in [9.17, 15) is 9.59 Å². The Morgan fingerprint density at radius 1 is 1.08 bits per heavy atom. The Balaban J connectivity index is 1.53. The third-order valence-corrected chi connectivity index (χ3v) is 5.24. The van der Waals surface area contributed by atoms with E-state index in [2.05, 4.69) is 5.32 Å². The van der Waals surface area contributed by atoms with Gasteiger partial charge in [0.15, 0.2) is 0 Å². The number of amides is 2. The largest absolute Gasteiger partial charge is 0.466 e. The minimum atomic E-state index is -0.0314. The van der Waals surface area contributed by atoms with Crippen molar-refractivity contribution in [1.29, 1.82) is 0 Å². The van der Waals surface area contributed by atoms with Gasteiger partial charge in [0.25, 0.3) is 5.91 Å². The van der Waals surface area contributed by atoms with Crippen LogP contribution in [0.5, 0.6) is 0 Å². The quantitative estimate of drug-likeness (QED) is 0.916. The molecule has 26 heavy (non-hydrogen) atoms. The van der Waals surface area contributed by atoms with Crippen molar-refractivity contribution in [2.45, 2.75) is 40.2 Å². The molecule has 0 radical (unpaired) electrons. The zero-order chi connectivity index (χ0) is 18.7. The van der Waals surface area contributed by atoms with Gasteiger partial charge in [-0.3, -0.25) is 9.59 Å². The van der Waals surface area contributed by atoms with Crippen LogP contribution in [0.1, 0.15) is 45.8 Å². The Labute approximate surface area is 154 Å². The maximum Gasteiger partial charge on any atom is 0.257 e. The number of furan rings is 1. The van der Waals surface area contributed by atoms with Gasteiger partial charge in [-0.1, -0.05) is 30.3 Å². The Bertz CT molecular complexity index is 787. The van der Waals surface area contributed by atoms with Crippen LogP contribution in [0, 0.1) is 26.7 Å². The number of hydrogen-bond acceptors (Lipinski definition) is 3. The van der Waals surface area contributed by atoms with Crippen molar-refractivity contribution < 1.29 is 14.0 Å². The highest BCUT2D eigenvalue weighted by atomic mass is 16.3. The molecular weight excluding hydrogens is 328 g/mol. The predicted octanol–water partition coefficient (Wildman–Crippen LogP) is 3.37. The van der Waals surface area contributed by atoms with E-state index in [1.165, 1.54) is 0 Å². The van der Waals surface area contributed by atoms with Gasteiger partial charge in [-0.25, -0.2) is 0 Å². The van der Waals surface area contributed by atoms with Crippen LogP contribution in [0.15, 0.2) is 34.7 Å². The van der Waals surface area contributed by atoms with Crippen LogP contribution in [0.2, 0.25) is 0 Å². The summed E-state index contributed by atoms with van der Waals surface area (Å²) in [6.07, 6.45) is 1.39. The van der Waals surface area contributed by atoms with Crippen LogP contribution >= 0.6 is 0 Å². The summed E-state index contributed by atoms with van der Waals surface area (Å²) in [4.78, 5) is 27.0. The number of nitrogens with one attached hydrogen (secondary N) is 1. The average Bonchev–Trinajstić information content (AvgIpc) is 2.92. The van der Waals surface area contributed by atoms with Crippen LogP contribution in [0.25, 0.3) is 0 Å². The zero-order valence-electron chi connectivity index (χ0n) is 15.7. The SMILES string of the molecule is Cc1oc(C)c(C(=O)N2CCC(C(=O)NCc3ccccc3)CC2)c1C. The Hall–Kier alpha value is -2.56. The number of carbonyl (C=O) groups excluding carboxylic acids is 2. The highest BCUT2D eigenvalue weighted by Crippen LogP contribution is 2.25. The molecule has 5 nitrogen and oxygen atoms in total. The molecule has 0 aliphatic carbocycles. The summed E-state index contributed by atoms with van der Waals surface area (Å²) in [5.74, 6) is 1.53. The summed E-state index contributed by atoms with van der Waals surface area (Å²) in [7, 11) is 0. The Morgan fingerprint density at radius 2 is 1.73 bits per heavy atom. The molecule has 0 atom stereocenters. The van der Waals surface area contributed by atoms with Gasteiger partial charge < -0.3 is 14.6 Å². The topological polar surface area (TPSA) is 62.6 Å². The number of likely N-dealkylation sites (tertiary alicyclic amines) is 1. The fraction of sp³-hybridized carbons (Fsp3) is 0.429. The van der Waals surface area contributed by atoms with Crippen molar-refractivity contribution in [1.82, 2.24) is 10.2 Å². The molecule has 0 saturated carbocycles. The lowest BCUT2D eigenvalue weighted by Crippen LogP contribution is -2.43. The van der Waals surface area contributed by atoms with Gasteiger partial charge in [-0.05, 0) is 39.2 Å². The van der Waals surface area contributed by atoms with E-state index < -0.39 is 0 Å². The standard InChI is InChI=1S/C21H26N2O3/c1-14-15(2)26-16(3)19(14)21(25)23-11-9-18(10-12-23)20(24)22-13-17-7-5-4-6-8-17/h4-8,18H,9-13H2,1-3H3,(H,22,24). The number of benzene rings is 1. The Morgan fingerprint density at radius 3 is 2.31 bits per heavy atom.